The summed E-state index contributed by atoms with van der Waals surface area (Å²) >= 11 is 0. The molecule has 0 radical (unpaired) electrons. The van der Waals surface area contributed by atoms with Crippen LogP contribution < -0.4 is 0 Å². The number of aliphatic carboxylic acids is 1. The van der Waals surface area contributed by atoms with Crippen molar-refractivity contribution in [1.82, 2.24) is 4.90 Å². The summed E-state index contributed by atoms with van der Waals surface area (Å²) in [5, 5.41) is 18.9. The van der Waals surface area contributed by atoms with Gasteiger partial charge in [0.1, 0.15) is 6.04 Å². The zero-order valence-electron chi connectivity index (χ0n) is 12.4. The first-order valence-corrected chi connectivity index (χ1v) is 8.27. The van der Waals surface area contributed by atoms with E-state index in [0.29, 0.717) is 5.92 Å². The van der Waals surface area contributed by atoms with Gasteiger partial charge in [-0.2, -0.15) is 0 Å². The lowest BCUT2D eigenvalue weighted by molar-refractivity contribution is -0.151. The van der Waals surface area contributed by atoms with Gasteiger partial charge in [-0.25, -0.2) is 4.79 Å². The minimum absolute atomic E-state index is 0.0310. The Kier molecular flexibility index (Phi) is 4.20. The van der Waals surface area contributed by atoms with Gasteiger partial charge >= 0.3 is 5.97 Å². The Morgan fingerprint density at radius 2 is 1.67 bits per heavy atom. The van der Waals surface area contributed by atoms with Gasteiger partial charge in [0, 0.05) is 18.9 Å². The first-order chi connectivity index (χ1) is 10.1. The lowest BCUT2D eigenvalue weighted by Gasteiger charge is -2.40. The summed E-state index contributed by atoms with van der Waals surface area (Å²) in [7, 11) is 0. The molecule has 1 amide bonds. The highest BCUT2D eigenvalue weighted by Crippen LogP contribution is 2.43. The number of hydrogen-bond acceptors (Lipinski definition) is 3. The highest BCUT2D eigenvalue weighted by Gasteiger charge is 2.43. The average molecular weight is 295 g/mol. The van der Waals surface area contributed by atoms with E-state index in [0.717, 1.165) is 25.2 Å². The number of carbonyl (C=O) groups is 2. The quantitative estimate of drug-likeness (QED) is 0.812. The maximum absolute atomic E-state index is 12.7. The fourth-order valence-corrected chi connectivity index (χ4v) is 4.62. The molecule has 5 atom stereocenters. The van der Waals surface area contributed by atoms with E-state index in [1.165, 1.54) is 30.6 Å². The second-order valence-electron chi connectivity index (χ2n) is 7.05. The molecule has 3 fully saturated rings. The third kappa shape index (κ3) is 2.93. The standard InChI is InChI=1S/C16H25NO4/c18-13-8-14(16(20)21)17(9-13)15(19)12-6-5-10-3-1-2-4-11(10)7-12/h10-14,18H,1-9H2,(H,20,21). The lowest BCUT2D eigenvalue weighted by atomic mass is 9.67. The van der Waals surface area contributed by atoms with Crippen LogP contribution in [0.1, 0.15) is 51.4 Å². The molecule has 1 saturated heterocycles. The van der Waals surface area contributed by atoms with Gasteiger partial charge < -0.3 is 15.1 Å². The maximum Gasteiger partial charge on any atom is 0.326 e. The fourth-order valence-electron chi connectivity index (χ4n) is 4.62. The molecule has 3 rings (SSSR count). The molecule has 5 nitrogen and oxygen atoms in total. The first kappa shape index (κ1) is 14.8. The van der Waals surface area contributed by atoms with Crippen LogP contribution in [-0.4, -0.2) is 45.7 Å². The number of carboxylic acids is 1. The average Bonchev–Trinajstić information content (AvgIpc) is 2.88. The van der Waals surface area contributed by atoms with Crippen molar-refractivity contribution in [2.24, 2.45) is 17.8 Å². The number of rotatable bonds is 2. The lowest BCUT2D eigenvalue weighted by Crippen LogP contribution is -2.45. The molecule has 2 aliphatic carbocycles. The van der Waals surface area contributed by atoms with Crippen molar-refractivity contribution in [3.8, 4) is 0 Å². The van der Waals surface area contributed by atoms with Crippen LogP contribution in [0.2, 0.25) is 0 Å². The van der Waals surface area contributed by atoms with Crippen LogP contribution in [0.25, 0.3) is 0 Å². The number of nitrogens with zero attached hydrogens (tertiary/aromatic N) is 1. The summed E-state index contributed by atoms with van der Waals surface area (Å²) in [6, 6.07) is -0.837. The summed E-state index contributed by atoms with van der Waals surface area (Å²) in [5.41, 5.74) is 0. The normalized spacial score (nSPS) is 39.9. The molecular formula is C16H25NO4. The maximum atomic E-state index is 12.7. The summed E-state index contributed by atoms with van der Waals surface area (Å²) < 4.78 is 0. The first-order valence-electron chi connectivity index (χ1n) is 8.27. The minimum atomic E-state index is -0.994. The Balaban J connectivity index is 1.66. The van der Waals surface area contributed by atoms with E-state index in [1.807, 2.05) is 0 Å². The third-order valence-electron chi connectivity index (χ3n) is 5.74. The molecule has 0 spiro atoms. The number of fused-ring (bicyclic) bond motifs is 1. The second kappa shape index (κ2) is 5.95. The fraction of sp³-hybridized carbons (Fsp3) is 0.875. The van der Waals surface area contributed by atoms with Crippen molar-refractivity contribution in [3.63, 3.8) is 0 Å². The third-order valence-corrected chi connectivity index (χ3v) is 5.74. The van der Waals surface area contributed by atoms with E-state index in [9.17, 15) is 19.8 Å². The van der Waals surface area contributed by atoms with Gasteiger partial charge in [-0.15, -0.1) is 0 Å². The number of likely N-dealkylation sites (tertiary alicyclic amines) is 1. The molecular weight excluding hydrogens is 270 g/mol. The molecule has 1 heterocycles. The minimum Gasteiger partial charge on any atom is -0.480 e. The van der Waals surface area contributed by atoms with Crippen LogP contribution in [0.4, 0.5) is 0 Å². The van der Waals surface area contributed by atoms with E-state index in [2.05, 4.69) is 0 Å². The molecule has 21 heavy (non-hydrogen) atoms. The molecule has 3 aliphatic rings. The summed E-state index contributed by atoms with van der Waals surface area (Å²) in [5.74, 6) is 0.366. The molecule has 5 unspecified atom stereocenters. The van der Waals surface area contributed by atoms with Crippen LogP contribution in [0.3, 0.4) is 0 Å². The number of β-amino-alcohol motifs (C(OH)–C–C–N with tert-alkyl or cyclic N) is 1. The van der Waals surface area contributed by atoms with Crippen LogP contribution in [-0.2, 0) is 9.59 Å². The van der Waals surface area contributed by atoms with Crippen LogP contribution in [0.5, 0.6) is 0 Å². The molecule has 2 saturated carbocycles. The van der Waals surface area contributed by atoms with Crippen molar-refractivity contribution in [1.29, 1.82) is 0 Å². The Bertz CT molecular complexity index is 425. The van der Waals surface area contributed by atoms with E-state index < -0.39 is 18.1 Å². The zero-order valence-corrected chi connectivity index (χ0v) is 12.4. The summed E-state index contributed by atoms with van der Waals surface area (Å²) in [4.78, 5) is 25.4. The number of carbonyl (C=O) groups excluding carboxylic acids is 1. The predicted octanol–water partition coefficient (Wildman–Crippen LogP) is 1.64. The summed E-state index contributed by atoms with van der Waals surface area (Å²) in [6.45, 7) is 0.181. The molecule has 0 aromatic rings. The van der Waals surface area contributed by atoms with Crippen LogP contribution in [0.15, 0.2) is 0 Å². The van der Waals surface area contributed by atoms with Crippen LogP contribution >= 0.6 is 0 Å². The smallest absolute Gasteiger partial charge is 0.326 e. The van der Waals surface area contributed by atoms with Crippen molar-refractivity contribution in [3.05, 3.63) is 0 Å². The predicted molar refractivity (Wildman–Crippen MR) is 76.5 cm³/mol. The topological polar surface area (TPSA) is 77.8 Å². The van der Waals surface area contributed by atoms with E-state index in [1.54, 1.807) is 0 Å². The molecule has 5 heteroatoms. The van der Waals surface area contributed by atoms with Crippen LogP contribution in [0, 0.1) is 17.8 Å². The Labute approximate surface area is 125 Å². The van der Waals surface area contributed by atoms with E-state index in [4.69, 9.17) is 0 Å². The number of hydrogen-bond donors (Lipinski definition) is 2. The molecule has 0 bridgehead atoms. The molecule has 0 aromatic heterocycles. The summed E-state index contributed by atoms with van der Waals surface area (Å²) in [6.07, 6.45) is 7.49. The van der Waals surface area contributed by atoms with Crippen molar-refractivity contribution in [2.75, 3.05) is 6.54 Å². The Hall–Kier alpha value is -1.10. The van der Waals surface area contributed by atoms with Crippen molar-refractivity contribution >= 4 is 11.9 Å². The Morgan fingerprint density at radius 3 is 2.38 bits per heavy atom. The largest absolute Gasteiger partial charge is 0.480 e. The van der Waals surface area contributed by atoms with Gasteiger partial charge in [-0.1, -0.05) is 25.7 Å². The number of aliphatic hydroxyl groups is 1. The number of amides is 1. The highest BCUT2D eigenvalue weighted by atomic mass is 16.4. The molecule has 0 aromatic carbocycles. The zero-order chi connectivity index (χ0) is 15.0. The van der Waals surface area contributed by atoms with Crippen molar-refractivity contribution < 1.29 is 19.8 Å². The monoisotopic (exact) mass is 295 g/mol. The van der Waals surface area contributed by atoms with E-state index >= 15 is 0 Å². The number of aliphatic hydroxyl groups excluding tert-OH is 1. The molecule has 2 N–H and O–H groups in total. The van der Waals surface area contributed by atoms with Crippen molar-refractivity contribution in [2.45, 2.75) is 63.5 Å². The van der Waals surface area contributed by atoms with E-state index in [-0.39, 0.29) is 24.8 Å². The Morgan fingerprint density at radius 1 is 0.952 bits per heavy atom. The second-order valence-corrected chi connectivity index (χ2v) is 7.05. The van der Waals surface area contributed by atoms with Gasteiger partial charge in [-0.3, -0.25) is 4.79 Å². The van der Waals surface area contributed by atoms with Gasteiger partial charge in [0.25, 0.3) is 0 Å². The van der Waals surface area contributed by atoms with Gasteiger partial charge in [0.05, 0.1) is 6.10 Å². The number of carboxylic acid groups (broad SMARTS) is 1. The van der Waals surface area contributed by atoms with Gasteiger partial charge in [-0.05, 0) is 31.1 Å². The SMILES string of the molecule is O=C(O)C1CC(O)CN1C(=O)C1CCC2CCCCC2C1. The van der Waals surface area contributed by atoms with Gasteiger partial charge in [0.2, 0.25) is 5.91 Å². The highest BCUT2D eigenvalue weighted by molar-refractivity contribution is 5.86. The van der Waals surface area contributed by atoms with Gasteiger partial charge in [0.15, 0.2) is 0 Å². The molecule has 118 valence electrons. The molecule has 1 aliphatic heterocycles.